The summed E-state index contributed by atoms with van der Waals surface area (Å²) in [7, 11) is -3.69. The van der Waals surface area contributed by atoms with Gasteiger partial charge in [-0.15, -0.1) is 0 Å². The largest absolute Gasteiger partial charge is 0.276 e. The number of nitrogens with zero attached hydrogens (tertiary/aromatic N) is 1. The molecular formula is C17H19ClN2O2S. The molecule has 122 valence electrons. The van der Waals surface area contributed by atoms with Gasteiger partial charge in [0.25, 0.3) is 10.0 Å². The molecule has 0 fully saturated rings. The molecule has 0 aromatic heterocycles. The molecule has 2 aromatic rings. The van der Waals surface area contributed by atoms with E-state index >= 15 is 0 Å². The van der Waals surface area contributed by atoms with Crippen LogP contribution in [0.3, 0.4) is 0 Å². The molecule has 23 heavy (non-hydrogen) atoms. The van der Waals surface area contributed by atoms with Crippen molar-refractivity contribution in [2.24, 2.45) is 5.10 Å². The molecule has 0 aliphatic rings. The lowest BCUT2D eigenvalue weighted by Crippen LogP contribution is -2.19. The third-order valence-electron chi connectivity index (χ3n) is 3.37. The Labute approximate surface area is 142 Å². The number of hydrogen-bond donors (Lipinski definition) is 1. The van der Waals surface area contributed by atoms with Gasteiger partial charge in [-0.2, -0.15) is 18.4 Å². The summed E-state index contributed by atoms with van der Waals surface area (Å²) < 4.78 is 24.3. The fraction of sp³-hybridized carbons (Fsp3) is 0.235. The highest BCUT2D eigenvalue weighted by Gasteiger charge is 2.12. The summed E-state index contributed by atoms with van der Waals surface area (Å²) in [5, 5.41) is 4.47. The van der Waals surface area contributed by atoms with Crippen LogP contribution in [0.15, 0.2) is 58.5 Å². The van der Waals surface area contributed by atoms with Crippen molar-refractivity contribution in [3.05, 3.63) is 64.7 Å². The molecule has 6 heteroatoms. The van der Waals surface area contributed by atoms with Crippen molar-refractivity contribution in [2.45, 2.75) is 31.6 Å². The molecule has 0 unspecified atom stereocenters. The Morgan fingerprint density at radius 1 is 1.09 bits per heavy atom. The summed E-state index contributed by atoms with van der Waals surface area (Å²) in [6.45, 7) is 3.89. The second-order valence-corrected chi connectivity index (χ2v) is 7.29. The summed E-state index contributed by atoms with van der Waals surface area (Å²) in [6.07, 6.45) is 2.12. The van der Waals surface area contributed by atoms with E-state index in [1.165, 1.54) is 29.8 Å². The molecule has 0 radical (unpaired) electrons. The number of sulfonamides is 1. The molecule has 0 saturated heterocycles. The second kappa shape index (κ2) is 7.62. The van der Waals surface area contributed by atoms with Crippen LogP contribution >= 0.6 is 11.6 Å². The van der Waals surface area contributed by atoms with E-state index in [4.69, 9.17) is 11.6 Å². The predicted octanol–water partition coefficient (Wildman–Crippen LogP) is 4.00. The zero-order valence-corrected chi connectivity index (χ0v) is 14.7. The van der Waals surface area contributed by atoms with Gasteiger partial charge >= 0.3 is 0 Å². The van der Waals surface area contributed by atoms with E-state index in [0.717, 1.165) is 18.4 Å². The Hall–Kier alpha value is -1.85. The smallest absolute Gasteiger partial charge is 0.200 e. The Bertz CT molecular complexity index is 782. The lowest BCUT2D eigenvalue weighted by Gasteiger charge is -2.06. The highest BCUT2D eigenvalue weighted by molar-refractivity contribution is 7.89. The third kappa shape index (κ3) is 4.81. The second-order valence-electron chi connectivity index (χ2n) is 5.19. The van der Waals surface area contributed by atoms with Crippen molar-refractivity contribution in [3.63, 3.8) is 0 Å². The molecule has 0 bridgehead atoms. The quantitative estimate of drug-likeness (QED) is 0.632. The minimum atomic E-state index is -3.69. The van der Waals surface area contributed by atoms with Gasteiger partial charge in [0.15, 0.2) is 0 Å². The van der Waals surface area contributed by atoms with Crippen LogP contribution in [0.1, 0.15) is 31.4 Å². The minimum Gasteiger partial charge on any atom is -0.200 e. The van der Waals surface area contributed by atoms with Gasteiger partial charge < -0.3 is 0 Å². The number of benzene rings is 2. The normalized spacial score (nSPS) is 12.2. The zero-order chi connectivity index (χ0) is 16.9. The monoisotopic (exact) mass is 350 g/mol. The number of aryl methyl sites for hydroxylation is 1. The van der Waals surface area contributed by atoms with E-state index in [9.17, 15) is 8.42 Å². The van der Waals surface area contributed by atoms with E-state index in [1.54, 1.807) is 6.92 Å². The van der Waals surface area contributed by atoms with E-state index in [1.807, 2.05) is 24.3 Å². The van der Waals surface area contributed by atoms with Gasteiger partial charge in [-0.25, -0.2) is 0 Å². The first-order chi connectivity index (χ1) is 10.9. The molecule has 0 saturated carbocycles. The molecule has 0 amide bonds. The maximum atomic E-state index is 12.2. The van der Waals surface area contributed by atoms with Crippen LogP contribution < -0.4 is 4.83 Å². The first-order valence-electron chi connectivity index (χ1n) is 7.33. The fourth-order valence-corrected chi connectivity index (χ4v) is 3.04. The van der Waals surface area contributed by atoms with Gasteiger partial charge in [-0.3, -0.25) is 0 Å². The summed E-state index contributed by atoms with van der Waals surface area (Å²) in [5.74, 6) is 0. The molecule has 2 rings (SSSR count). The van der Waals surface area contributed by atoms with Gasteiger partial charge in [0.1, 0.15) is 0 Å². The van der Waals surface area contributed by atoms with E-state index < -0.39 is 10.0 Å². The molecule has 4 nitrogen and oxygen atoms in total. The van der Waals surface area contributed by atoms with Gasteiger partial charge in [0.05, 0.1) is 10.6 Å². The van der Waals surface area contributed by atoms with Crippen molar-refractivity contribution in [2.75, 3.05) is 0 Å². The maximum absolute atomic E-state index is 12.2. The first kappa shape index (κ1) is 17.5. The number of hydrogen-bond acceptors (Lipinski definition) is 3. The van der Waals surface area contributed by atoms with Crippen molar-refractivity contribution in [1.29, 1.82) is 0 Å². The van der Waals surface area contributed by atoms with Crippen LogP contribution in [-0.4, -0.2) is 14.1 Å². The standard InChI is InChI=1S/C17H19ClN2O2S/c1-3-4-14-5-7-15(8-6-14)13(2)19-20-23(21,22)17-11-9-16(18)10-12-17/h5-12,20H,3-4H2,1-2H3/b19-13+. The lowest BCUT2D eigenvalue weighted by atomic mass is 10.1. The highest BCUT2D eigenvalue weighted by atomic mass is 35.5. The Morgan fingerprint density at radius 3 is 2.26 bits per heavy atom. The fourth-order valence-electron chi connectivity index (χ4n) is 2.06. The summed E-state index contributed by atoms with van der Waals surface area (Å²) in [4.78, 5) is 2.37. The number of nitrogens with one attached hydrogen (secondary N) is 1. The Kier molecular flexibility index (Phi) is 5.80. The molecule has 0 aliphatic heterocycles. The summed E-state index contributed by atoms with van der Waals surface area (Å²) in [5.41, 5.74) is 2.74. The van der Waals surface area contributed by atoms with Crippen molar-refractivity contribution < 1.29 is 8.42 Å². The first-order valence-corrected chi connectivity index (χ1v) is 9.19. The molecule has 2 aromatic carbocycles. The van der Waals surface area contributed by atoms with Crippen LogP contribution in [0.4, 0.5) is 0 Å². The lowest BCUT2D eigenvalue weighted by molar-refractivity contribution is 0.584. The van der Waals surface area contributed by atoms with Gasteiger partial charge in [0, 0.05) is 5.02 Å². The van der Waals surface area contributed by atoms with Crippen LogP contribution in [-0.2, 0) is 16.4 Å². The highest BCUT2D eigenvalue weighted by Crippen LogP contribution is 2.14. The van der Waals surface area contributed by atoms with Crippen LogP contribution in [0, 0.1) is 0 Å². The summed E-state index contributed by atoms with van der Waals surface area (Å²) >= 11 is 5.76. The molecular weight excluding hydrogens is 332 g/mol. The van der Waals surface area contributed by atoms with E-state index in [2.05, 4.69) is 16.9 Å². The SMILES string of the molecule is CCCc1ccc(/C(C)=N/NS(=O)(=O)c2ccc(Cl)cc2)cc1. The third-order valence-corrected chi connectivity index (χ3v) is 4.84. The number of rotatable bonds is 6. The van der Waals surface area contributed by atoms with Crippen LogP contribution in [0.25, 0.3) is 0 Å². The van der Waals surface area contributed by atoms with Crippen LogP contribution in [0.5, 0.6) is 0 Å². The van der Waals surface area contributed by atoms with Gasteiger partial charge in [-0.05, 0) is 48.7 Å². The van der Waals surface area contributed by atoms with Crippen LogP contribution in [0.2, 0.25) is 5.02 Å². The Balaban J connectivity index is 2.13. The molecule has 1 N–H and O–H groups in total. The molecule has 0 spiro atoms. The minimum absolute atomic E-state index is 0.122. The Morgan fingerprint density at radius 2 is 1.70 bits per heavy atom. The number of hydrazone groups is 1. The molecule has 0 aliphatic carbocycles. The van der Waals surface area contributed by atoms with Gasteiger partial charge in [0.2, 0.25) is 0 Å². The van der Waals surface area contributed by atoms with E-state index in [0.29, 0.717) is 10.7 Å². The predicted molar refractivity (Wildman–Crippen MR) is 94.4 cm³/mol. The number of halogens is 1. The molecule has 0 atom stereocenters. The van der Waals surface area contributed by atoms with Gasteiger partial charge in [-0.1, -0.05) is 49.2 Å². The average Bonchev–Trinajstić information content (AvgIpc) is 2.54. The van der Waals surface area contributed by atoms with E-state index in [-0.39, 0.29) is 4.90 Å². The van der Waals surface area contributed by atoms with Crippen molar-refractivity contribution in [1.82, 2.24) is 4.83 Å². The maximum Gasteiger partial charge on any atom is 0.276 e. The molecule has 0 heterocycles. The van der Waals surface area contributed by atoms with Crippen molar-refractivity contribution >= 4 is 27.3 Å². The van der Waals surface area contributed by atoms with Crippen molar-refractivity contribution in [3.8, 4) is 0 Å². The topological polar surface area (TPSA) is 58.5 Å². The zero-order valence-electron chi connectivity index (χ0n) is 13.1. The summed E-state index contributed by atoms with van der Waals surface area (Å²) in [6, 6.07) is 13.9. The average molecular weight is 351 g/mol.